The lowest BCUT2D eigenvalue weighted by Crippen LogP contribution is -2.38. The quantitative estimate of drug-likeness (QED) is 0.578. The molecule has 2 aromatic rings. The van der Waals surface area contributed by atoms with Crippen molar-refractivity contribution in [2.75, 3.05) is 0 Å². The first-order valence-corrected chi connectivity index (χ1v) is 10.6. The van der Waals surface area contributed by atoms with E-state index in [0.29, 0.717) is 23.7 Å². The van der Waals surface area contributed by atoms with E-state index in [9.17, 15) is 18.0 Å². The van der Waals surface area contributed by atoms with Gasteiger partial charge in [0.25, 0.3) is 0 Å². The van der Waals surface area contributed by atoms with Crippen molar-refractivity contribution in [3.8, 4) is 11.3 Å². The third kappa shape index (κ3) is 4.50. The number of likely N-dealkylation sites (tertiary alicyclic amines) is 1. The fourth-order valence-corrected chi connectivity index (χ4v) is 4.30. The van der Waals surface area contributed by atoms with Crippen LogP contribution in [0.4, 0.5) is 18.0 Å². The van der Waals surface area contributed by atoms with Gasteiger partial charge in [-0.3, -0.25) is 4.90 Å². The van der Waals surface area contributed by atoms with Crippen molar-refractivity contribution < 1.29 is 22.7 Å². The number of aromatic amines is 1. The molecule has 9 heteroatoms. The zero-order valence-electron chi connectivity index (χ0n) is 16.9. The number of nitrogens with one attached hydrogen (secondary N) is 1. The molecule has 2 heterocycles. The molecule has 3 atom stereocenters. The van der Waals surface area contributed by atoms with Gasteiger partial charge in [0.05, 0.1) is 23.9 Å². The van der Waals surface area contributed by atoms with E-state index in [1.165, 1.54) is 0 Å². The summed E-state index contributed by atoms with van der Waals surface area (Å²) in [7, 11) is 0. The summed E-state index contributed by atoms with van der Waals surface area (Å²) in [5.74, 6) is 0.722. The van der Waals surface area contributed by atoms with Gasteiger partial charge in [0.2, 0.25) is 0 Å². The number of rotatable bonds is 3. The minimum Gasteiger partial charge on any atom is -0.444 e. The molecule has 0 bridgehead atoms. The number of carbonyl (C=O) groups excluding carboxylic acids is 1. The second kappa shape index (κ2) is 7.28. The van der Waals surface area contributed by atoms with Gasteiger partial charge in [-0.25, -0.2) is 9.78 Å². The number of alkyl halides is 3. The third-order valence-electron chi connectivity index (χ3n) is 5.32. The number of ether oxygens (including phenoxy) is 1. The molecule has 5 nitrogen and oxygen atoms in total. The smallest absolute Gasteiger partial charge is 0.411 e. The van der Waals surface area contributed by atoms with Crippen molar-refractivity contribution >= 4 is 22.0 Å². The first-order valence-electron chi connectivity index (χ1n) is 9.84. The molecule has 162 valence electrons. The molecule has 0 radical (unpaired) electrons. The minimum absolute atomic E-state index is 0.00420. The number of aromatic nitrogens is 2. The minimum atomic E-state index is -4.38. The van der Waals surface area contributed by atoms with Crippen LogP contribution in [0.5, 0.6) is 0 Å². The number of benzene rings is 1. The maximum Gasteiger partial charge on any atom is 0.411 e. The Morgan fingerprint density at radius 3 is 2.50 bits per heavy atom. The van der Waals surface area contributed by atoms with Gasteiger partial charge >= 0.3 is 12.3 Å². The monoisotopic (exact) mass is 485 g/mol. The molecule has 1 saturated carbocycles. The largest absolute Gasteiger partial charge is 0.444 e. The summed E-state index contributed by atoms with van der Waals surface area (Å²) in [5, 5.41) is 0. The molecular formula is C21H23BrF3N3O2. The van der Waals surface area contributed by atoms with Crippen molar-refractivity contribution in [3.63, 3.8) is 0 Å². The van der Waals surface area contributed by atoms with Crippen molar-refractivity contribution in [1.82, 2.24) is 14.9 Å². The first kappa shape index (κ1) is 21.2. The van der Waals surface area contributed by atoms with Crippen LogP contribution in [0.15, 0.2) is 28.7 Å². The lowest BCUT2D eigenvalue weighted by molar-refractivity contribution is -0.127. The van der Waals surface area contributed by atoms with E-state index in [-0.39, 0.29) is 17.4 Å². The summed E-state index contributed by atoms with van der Waals surface area (Å²) < 4.78 is 46.0. The van der Waals surface area contributed by atoms with Crippen LogP contribution >= 0.6 is 15.9 Å². The number of amides is 1. The summed E-state index contributed by atoms with van der Waals surface area (Å²) >= 11 is 3.34. The van der Waals surface area contributed by atoms with Gasteiger partial charge in [-0.2, -0.15) is 13.2 Å². The Balaban J connectivity index is 1.69. The Bertz CT molecular complexity index is 950. The number of imidazole rings is 1. The molecule has 2 fully saturated rings. The zero-order valence-corrected chi connectivity index (χ0v) is 18.5. The standard InChI is InChI=1S/C21H23BrF3N3O2/c1-20(2,3)30-19(29)28-15-8-12(15)9-16(28)18-26-14(10-21(23,24)25)17(27-18)11-4-6-13(22)7-5-11/h4-7,12,15-16H,8-10H2,1-3H3,(H,26,27)/t12-,15-,16+/m1/s1. The topological polar surface area (TPSA) is 58.2 Å². The Kier molecular flexibility index (Phi) is 5.15. The van der Waals surface area contributed by atoms with Crippen LogP contribution in [0, 0.1) is 5.92 Å². The van der Waals surface area contributed by atoms with Gasteiger partial charge in [0.1, 0.15) is 11.4 Å². The number of hydrogen-bond donors (Lipinski definition) is 1. The maximum atomic E-state index is 13.2. The van der Waals surface area contributed by atoms with Crippen LogP contribution in [-0.2, 0) is 11.2 Å². The number of H-pyrrole nitrogens is 1. The van der Waals surface area contributed by atoms with E-state index < -0.39 is 30.3 Å². The SMILES string of the molecule is CC(C)(C)OC(=O)N1[C@@H]2C[C@@H]2C[C@H]1c1nc(-c2ccc(Br)cc2)c(CC(F)(F)F)[nH]1. The van der Waals surface area contributed by atoms with Crippen LogP contribution in [0.3, 0.4) is 0 Å². The number of hydrogen-bond acceptors (Lipinski definition) is 3. The summed E-state index contributed by atoms with van der Waals surface area (Å²) in [6.07, 6.45) is -4.38. The lowest BCUT2D eigenvalue weighted by atomic mass is 10.1. The molecule has 0 spiro atoms. The molecule has 1 aliphatic carbocycles. The fourth-order valence-electron chi connectivity index (χ4n) is 4.04. The average molecular weight is 486 g/mol. The van der Waals surface area contributed by atoms with Gasteiger partial charge < -0.3 is 9.72 Å². The third-order valence-corrected chi connectivity index (χ3v) is 5.84. The molecule has 1 saturated heterocycles. The highest BCUT2D eigenvalue weighted by atomic mass is 79.9. The molecular weight excluding hydrogens is 463 g/mol. The highest BCUT2D eigenvalue weighted by molar-refractivity contribution is 9.10. The number of piperidine rings is 1. The molecule has 1 aromatic heterocycles. The van der Waals surface area contributed by atoms with Crippen molar-refractivity contribution in [2.45, 2.75) is 63.9 Å². The van der Waals surface area contributed by atoms with Crippen LogP contribution in [-0.4, -0.2) is 38.8 Å². The Labute approximate surface area is 181 Å². The van der Waals surface area contributed by atoms with E-state index in [0.717, 1.165) is 10.9 Å². The average Bonchev–Trinajstić information content (AvgIpc) is 3.07. The normalized spacial score (nSPS) is 23.4. The van der Waals surface area contributed by atoms with E-state index >= 15 is 0 Å². The van der Waals surface area contributed by atoms with E-state index in [1.54, 1.807) is 49.9 Å². The van der Waals surface area contributed by atoms with Gasteiger partial charge in [0, 0.05) is 16.1 Å². The Hall–Kier alpha value is -2.03. The number of halogens is 4. The lowest BCUT2D eigenvalue weighted by Gasteiger charge is -2.29. The van der Waals surface area contributed by atoms with E-state index in [4.69, 9.17) is 4.74 Å². The zero-order chi connectivity index (χ0) is 21.8. The number of nitrogens with zero attached hydrogens (tertiary/aromatic N) is 2. The van der Waals surface area contributed by atoms with E-state index in [1.807, 2.05) is 0 Å². The van der Waals surface area contributed by atoms with Crippen molar-refractivity contribution in [2.24, 2.45) is 5.92 Å². The number of fused-ring (bicyclic) bond motifs is 1. The predicted molar refractivity (Wildman–Crippen MR) is 109 cm³/mol. The molecule has 1 N–H and O–H groups in total. The van der Waals surface area contributed by atoms with Gasteiger partial charge in [-0.15, -0.1) is 0 Å². The van der Waals surface area contributed by atoms with Gasteiger partial charge in [0.15, 0.2) is 0 Å². The summed E-state index contributed by atoms with van der Waals surface area (Å²) in [5.41, 5.74) is 0.206. The van der Waals surface area contributed by atoms with Crippen LogP contribution in [0.2, 0.25) is 0 Å². The van der Waals surface area contributed by atoms with E-state index in [2.05, 4.69) is 25.9 Å². The highest BCUT2D eigenvalue weighted by Crippen LogP contribution is 2.53. The Morgan fingerprint density at radius 2 is 1.90 bits per heavy atom. The summed E-state index contributed by atoms with van der Waals surface area (Å²) in [6.45, 7) is 5.38. The predicted octanol–water partition coefficient (Wildman–Crippen LogP) is 6.01. The van der Waals surface area contributed by atoms with Crippen molar-refractivity contribution in [1.29, 1.82) is 0 Å². The number of carbonyl (C=O) groups is 1. The fraction of sp³-hybridized carbons (Fsp3) is 0.524. The molecule has 4 rings (SSSR count). The van der Waals surface area contributed by atoms with Crippen LogP contribution < -0.4 is 0 Å². The van der Waals surface area contributed by atoms with Gasteiger partial charge in [-0.05, 0) is 51.7 Å². The van der Waals surface area contributed by atoms with Gasteiger partial charge in [-0.1, -0.05) is 28.1 Å². The van der Waals surface area contributed by atoms with Crippen LogP contribution in [0.1, 0.15) is 51.2 Å². The Morgan fingerprint density at radius 1 is 1.23 bits per heavy atom. The molecule has 0 unspecified atom stereocenters. The molecule has 2 aliphatic rings. The molecule has 1 amide bonds. The van der Waals surface area contributed by atoms with Crippen LogP contribution in [0.25, 0.3) is 11.3 Å². The second-order valence-electron chi connectivity index (χ2n) is 8.95. The first-order chi connectivity index (χ1) is 13.9. The van der Waals surface area contributed by atoms with Crippen molar-refractivity contribution in [3.05, 3.63) is 40.3 Å². The second-order valence-corrected chi connectivity index (χ2v) is 9.87. The molecule has 30 heavy (non-hydrogen) atoms. The molecule has 1 aromatic carbocycles. The maximum absolute atomic E-state index is 13.2. The molecule has 1 aliphatic heterocycles. The summed E-state index contributed by atoms with van der Waals surface area (Å²) in [6, 6.07) is 6.62. The summed E-state index contributed by atoms with van der Waals surface area (Å²) in [4.78, 5) is 21.9. The highest BCUT2D eigenvalue weighted by Gasteiger charge is 2.56.